The van der Waals surface area contributed by atoms with Gasteiger partial charge >= 0.3 is 8.69 Å². The molecule has 2 aromatic rings. The van der Waals surface area contributed by atoms with Gasteiger partial charge in [-0.15, -0.1) is 0 Å². The lowest BCUT2D eigenvalue weighted by atomic mass is 10.3. The molecule has 0 radical (unpaired) electrons. The quantitative estimate of drug-likeness (QED) is 0.745. The van der Waals surface area contributed by atoms with Crippen LogP contribution in [0.5, 0.6) is 17.2 Å². The van der Waals surface area contributed by atoms with Gasteiger partial charge in [0.05, 0.1) is 0 Å². The van der Waals surface area contributed by atoms with E-state index >= 15 is 0 Å². The minimum absolute atomic E-state index is 0.394. The van der Waals surface area contributed by atoms with Crippen LogP contribution in [0.3, 0.4) is 0 Å². The molecule has 16 heavy (non-hydrogen) atoms. The molecule has 2 rings (SSSR count). The van der Waals surface area contributed by atoms with Crippen molar-refractivity contribution in [3.63, 3.8) is 0 Å². The number of benzene rings is 2. The monoisotopic (exact) mass is 232 g/mol. The van der Waals surface area contributed by atoms with E-state index in [1.54, 1.807) is 18.2 Å². The smallest absolute Gasteiger partial charge is 0.395 e. The fourth-order valence-corrected chi connectivity index (χ4v) is 1.50. The Morgan fingerprint density at radius 2 is 1.44 bits per heavy atom. The number of para-hydroxylation sites is 3. The lowest BCUT2D eigenvalue weighted by Crippen LogP contribution is -1.86. The Morgan fingerprint density at radius 1 is 0.812 bits per heavy atom. The third kappa shape index (κ3) is 2.59. The molecule has 80 valence electrons. The van der Waals surface area contributed by atoms with Crippen LogP contribution in [0, 0.1) is 0 Å². The SMILES string of the molecule is O=POc1ccccc1Oc1ccccc1. The second-order valence-electron chi connectivity index (χ2n) is 3.03. The van der Waals surface area contributed by atoms with E-state index in [-0.39, 0.29) is 0 Å². The average molecular weight is 232 g/mol. The Bertz CT molecular complexity index is 471. The van der Waals surface area contributed by atoms with E-state index in [0.717, 1.165) is 0 Å². The topological polar surface area (TPSA) is 35.5 Å². The first-order valence-electron chi connectivity index (χ1n) is 4.72. The third-order valence-corrected chi connectivity index (χ3v) is 2.23. The average Bonchev–Trinajstić information content (AvgIpc) is 2.33. The van der Waals surface area contributed by atoms with Crippen LogP contribution < -0.4 is 9.26 Å². The van der Waals surface area contributed by atoms with Crippen LogP contribution in [0.25, 0.3) is 0 Å². The first-order valence-corrected chi connectivity index (χ1v) is 5.45. The molecule has 0 aliphatic carbocycles. The zero-order chi connectivity index (χ0) is 11.2. The minimum Gasteiger partial charge on any atom is -0.453 e. The number of hydrogen-bond acceptors (Lipinski definition) is 3. The Labute approximate surface area is 94.9 Å². The van der Waals surface area contributed by atoms with E-state index < -0.39 is 8.69 Å². The fraction of sp³-hybridized carbons (Fsp3) is 0. The zero-order valence-corrected chi connectivity index (χ0v) is 9.26. The lowest BCUT2D eigenvalue weighted by molar-refractivity contribution is 0.449. The van der Waals surface area contributed by atoms with Crippen molar-refractivity contribution in [3.8, 4) is 17.2 Å². The summed E-state index contributed by atoms with van der Waals surface area (Å²) in [7, 11) is -0.394. The van der Waals surface area contributed by atoms with Crippen molar-refractivity contribution in [1.29, 1.82) is 0 Å². The summed E-state index contributed by atoms with van der Waals surface area (Å²) in [5.74, 6) is 1.70. The van der Waals surface area contributed by atoms with Crippen molar-refractivity contribution in [2.75, 3.05) is 0 Å². The van der Waals surface area contributed by atoms with Gasteiger partial charge < -0.3 is 9.26 Å². The highest BCUT2D eigenvalue weighted by molar-refractivity contribution is 7.17. The van der Waals surface area contributed by atoms with Gasteiger partial charge in [0.25, 0.3) is 0 Å². The molecule has 0 bridgehead atoms. The zero-order valence-electron chi connectivity index (χ0n) is 8.37. The summed E-state index contributed by atoms with van der Waals surface area (Å²) < 4.78 is 20.9. The van der Waals surface area contributed by atoms with Crippen LogP contribution in [0.2, 0.25) is 0 Å². The molecule has 0 aliphatic rings. The molecule has 0 heterocycles. The number of ether oxygens (including phenoxy) is 1. The normalized spacial score (nSPS) is 10.0. The molecule has 3 nitrogen and oxygen atoms in total. The van der Waals surface area contributed by atoms with Crippen LogP contribution >= 0.6 is 8.69 Å². The highest BCUT2D eigenvalue weighted by Crippen LogP contribution is 2.32. The molecule has 0 amide bonds. The van der Waals surface area contributed by atoms with Gasteiger partial charge in [0.1, 0.15) is 5.75 Å². The fourth-order valence-electron chi connectivity index (χ4n) is 1.27. The van der Waals surface area contributed by atoms with Gasteiger partial charge in [-0.1, -0.05) is 30.3 Å². The molecule has 0 unspecified atom stereocenters. The highest BCUT2D eigenvalue weighted by atomic mass is 31.1. The van der Waals surface area contributed by atoms with E-state index in [1.807, 2.05) is 36.4 Å². The van der Waals surface area contributed by atoms with Gasteiger partial charge in [-0.25, -0.2) is 4.57 Å². The second-order valence-corrected chi connectivity index (χ2v) is 3.36. The Kier molecular flexibility index (Phi) is 3.52. The van der Waals surface area contributed by atoms with E-state index in [0.29, 0.717) is 17.2 Å². The summed E-state index contributed by atoms with van der Waals surface area (Å²) in [6.07, 6.45) is 0. The van der Waals surface area contributed by atoms with E-state index in [9.17, 15) is 4.57 Å². The summed E-state index contributed by atoms with van der Waals surface area (Å²) >= 11 is 0. The highest BCUT2D eigenvalue weighted by Gasteiger charge is 2.04. The van der Waals surface area contributed by atoms with Crippen LogP contribution in [0.4, 0.5) is 0 Å². The van der Waals surface area contributed by atoms with Crippen molar-refractivity contribution < 1.29 is 13.8 Å². The standard InChI is InChI=1S/C12H9O3P/c13-16-15-12-9-5-4-8-11(12)14-10-6-2-1-3-7-10/h1-9H. The molecule has 2 aromatic carbocycles. The lowest BCUT2D eigenvalue weighted by Gasteiger charge is -2.08. The van der Waals surface area contributed by atoms with Crippen LogP contribution in [-0.2, 0) is 4.57 Å². The van der Waals surface area contributed by atoms with Crippen LogP contribution in [0.15, 0.2) is 54.6 Å². The van der Waals surface area contributed by atoms with E-state index in [1.165, 1.54) is 0 Å². The van der Waals surface area contributed by atoms with Gasteiger partial charge in [-0.05, 0) is 24.3 Å². The van der Waals surface area contributed by atoms with E-state index in [4.69, 9.17) is 9.26 Å². The molecule has 0 aromatic heterocycles. The first kappa shape index (κ1) is 10.7. The molecule has 0 saturated carbocycles. The molecular formula is C12H9O3P. The summed E-state index contributed by atoms with van der Waals surface area (Å²) in [4.78, 5) is 0. The van der Waals surface area contributed by atoms with Crippen LogP contribution in [0.1, 0.15) is 0 Å². The van der Waals surface area contributed by atoms with E-state index in [2.05, 4.69) is 0 Å². The van der Waals surface area contributed by atoms with Crippen molar-refractivity contribution in [1.82, 2.24) is 0 Å². The van der Waals surface area contributed by atoms with Crippen LogP contribution in [-0.4, -0.2) is 0 Å². The summed E-state index contributed by atoms with van der Waals surface area (Å²) in [6.45, 7) is 0. The van der Waals surface area contributed by atoms with Crippen molar-refractivity contribution in [2.45, 2.75) is 0 Å². The maximum atomic E-state index is 10.4. The summed E-state index contributed by atoms with van der Waals surface area (Å²) in [5.41, 5.74) is 0. The van der Waals surface area contributed by atoms with Gasteiger partial charge in [0.15, 0.2) is 11.5 Å². The molecule has 0 fully saturated rings. The largest absolute Gasteiger partial charge is 0.453 e. The minimum atomic E-state index is -0.394. The molecule has 0 saturated heterocycles. The Balaban J connectivity index is 2.24. The summed E-state index contributed by atoms with van der Waals surface area (Å²) in [6, 6.07) is 16.4. The van der Waals surface area contributed by atoms with Gasteiger partial charge in [0.2, 0.25) is 0 Å². The molecule has 0 aliphatic heterocycles. The second kappa shape index (κ2) is 5.29. The molecule has 0 spiro atoms. The predicted molar refractivity (Wildman–Crippen MR) is 61.2 cm³/mol. The third-order valence-electron chi connectivity index (χ3n) is 1.96. The molecule has 0 N–H and O–H groups in total. The molecule has 4 heteroatoms. The number of rotatable bonds is 4. The Hall–Kier alpha value is -1.86. The van der Waals surface area contributed by atoms with Crippen molar-refractivity contribution in [2.24, 2.45) is 0 Å². The Morgan fingerprint density at radius 3 is 2.12 bits per heavy atom. The number of hydrogen-bond donors (Lipinski definition) is 0. The summed E-state index contributed by atoms with van der Waals surface area (Å²) in [5, 5.41) is 0. The maximum Gasteiger partial charge on any atom is 0.395 e. The molecule has 0 atom stereocenters. The van der Waals surface area contributed by atoms with Gasteiger partial charge in [-0.3, -0.25) is 0 Å². The van der Waals surface area contributed by atoms with Crippen molar-refractivity contribution >= 4 is 8.69 Å². The predicted octanol–water partition coefficient (Wildman–Crippen LogP) is 4.06. The van der Waals surface area contributed by atoms with Gasteiger partial charge in [-0.2, -0.15) is 0 Å². The first-order chi connectivity index (χ1) is 7.90. The van der Waals surface area contributed by atoms with Gasteiger partial charge in [0, 0.05) is 0 Å². The van der Waals surface area contributed by atoms with Crippen molar-refractivity contribution in [3.05, 3.63) is 54.6 Å². The molecular weight excluding hydrogens is 223 g/mol. The maximum absolute atomic E-state index is 10.4.